The minimum atomic E-state index is -0.687. The molecule has 0 saturated heterocycles. The molecule has 0 aromatic heterocycles. The Morgan fingerprint density at radius 2 is 2.40 bits per heavy atom. The van der Waals surface area contributed by atoms with Crippen molar-refractivity contribution in [3.8, 4) is 0 Å². The summed E-state index contributed by atoms with van der Waals surface area (Å²) in [4.78, 5) is 15.3. The third-order valence-electron chi connectivity index (χ3n) is 3.17. The lowest BCUT2D eigenvalue weighted by Crippen LogP contribution is -2.33. The summed E-state index contributed by atoms with van der Waals surface area (Å²) in [6.45, 7) is 2.09. The molecule has 15 heavy (non-hydrogen) atoms. The highest BCUT2D eigenvalue weighted by Gasteiger charge is 2.38. The van der Waals surface area contributed by atoms with Gasteiger partial charge in [0.25, 0.3) is 0 Å². The molecular formula is C11H17NO3. The molecule has 3 unspecified atom stereocenters. The number of carboxylic acid groups (broad SMARTS) is 1. The second-order valence-electron chi connectivity index (χ2n) is 4.34. The molecule has 1 saturated carbocycles. The van der Waals surface area contributed by atoms with Gasteiger partial charge in [-0.15, -0.1) is 0 Å². The zero-order chi connectivity index (χ0) is 10.8. The third kappa shape index (κ3) is 2.13. The van der Waals surface area contributed by atoms with Crippen LogP contribution >= 0.6 is 0 Å². The van der Waals surface area contributed by atoms with E-state index in [9.17, 15) is 4.79 Å². The normalized spacial score (nSPS) is 34.2. The van der Waals surface area contributed by atoms with Crippen molar-refractivity contribution >= 4 is 11.9 Å². The van der Waals surface area contributed by atoms with Gasteiger partial charge in [-0.2, -0.15) is 0 Å². The average Bonchev–Trinajstić information content (AvgIpc) is 2.59. The molecule has 0 aromatic rings. The minimum Gasteiger partial charge on any atom is -0.481 e. The maximum Gasteiger partial charge on any atom is 0.306 e. The van der Waals surface area contributed by atoms with Crippen LogP contribution in [0.15, 0.2) is 4.99 Å². The Hall–Kier alpha value is -1.06. The van der Waals surface area contributed by atoms with Crippen molar-refractivity contribution in [2.45, 2.75) is 51.2 Å². The first kappa shape index (κ1) is 10.5. The largest absolute Gasteiger partial charge is 0.481 e. The fraction of sp³-hybridized carbons (Fsp3) is 0.818. The van der Waals surface area contributed by atoms with E-state index >= 15 is 0 Å². The van der Waals surface area contributed by atoms with Crippen molar-refractivity contribution in [1.82, 2.24) is 0 Å². The van der Waals surface area contributed by atoms with E-state index in [-0.39, 0.29) is 18.1 Å². The lowest BCUT2D eigenvalue weighted by atomic mass is 9.84. The average molecular weight is 211 g/mol. The number of aliphatic carboxylic acids is 1. The summed E-state index contributed by atoms with van der Waals surface area (Å²) in [6.07, 6.45) is 4.27. The Morgan fingerprint density at radius 1 is 1.60 bits per heavy atom. The molecule has 0 amide bonds. The van der Waals surface area contributed by atoms with Gasteiger partial charge in [-0.3, -0.25) is 4.79 Å². The van der Waals surface area contributed by atoms with Gasteiger partial charge in [0.2, 0.25) is 0 Å². The predicted octanol–water partition coefficient (Wildman–Crippen LogP) is 1.84. The van der Waals surface area contributed by atoms with Gasteiger partial charge in [-0.25, -0.2) is 4.99 Å². The lowest BCUT2D eigenvalue weighted by molar-refractivity contribution is -0.143. The van der Waals surface area contributed by atoms with Gasteiger partial charge in [0.05, 0.1) is 12.0 Å². The van der Waals surface area contributed by atoms with Crippen molar-refractivity contribution in [2.75, 3.05) is 0 Å². The molecule has 84 valence electrons. The second kappa shape index (κ2) is 4.21. The van der Waals surface area contributed by atoms with Crippen molar-refractivity contribution in [1.29, 1.82) is 0 Å². The van der Waals surface area contributed by atoms with Crippen LogP contribution in [0.5, 0.6) is 0 Å². The molecule has 0 radical (unpaired) electrons. The maximum atomic E-state index is 10.9. The molecule has 4 heteroatoms. The summed E-state index contributed by atoms with van der Waals surface area (Å²) in [5.41, 5.74) is 0. The first-order valence-electron chi connectivity index (χ1n) is 5.67. The summed E-state index contributed by atoms with van der Waals surface area (Å²) in [7, 11) is 0. The van der Waals surface area contributed by atoms with Crippen LogP contribution in [0.2, 0.25) is 0 Å². The Balaban J connectivity index is 1.97. The van der Waals surface area contributed by atoms with Crippen LogP contribution in [0.4, 0.5) is 0 Å². The highest BCUT2D eigenvalue weighted by Crippen LogP contribution is 2.33. The van der Waals surface area contributed by atoms with Crippen molar-refractivity contribution in [3.63, 3.8) is 0 Å². The van der Waals surface area contributed by atoms with Gasteiger partial charge in [0, 0.05) is 6.42 Å². The molecule has 1 heterocycles. The molecule has 2 aliphatic rings. The summed E-state index contributed by atoms with van der Waals surface area (Å²) >= 11 is 0. The van der Waals surface area contributed by atoms with Crippen LogP contribution in [-0.4, -0.2) is 29.1 Å². The predicted molar refractivity (Wildman–Crippen MR) is 56.0 cm³/mol. The topological polar surface area (TPSA) is 58.9 Å². The van der Waals surface area contributed by atoms with Crippen molar-refractivity contribution < 1.29 is 14.6 Å². The summed E-state index contributed by atoms with van der Waals surface area (Å²) in [5.74, 6) is -0.0780. The molecule has 0 bridgehead atoms. The molecule has 3 atom stereocenters. The maximum absolute atomic E-state index is 10.9. The Bertz CT molecular complexity index is 288. The van der Waals surface area contributed by atoms with Gasteiger partial charge >= 0.3 is 5.97 Å². The molecule has 4 nitrogen and oxygen atoms in total. The molecule has 1 aliphatic carbocycles. The molecule has 1 fully saturated rings. The zero-order valence-electron chi connectivity index (χ0n) is 8.98. The Morgan fingerprint density at radius 3 is 3.07 bits per heavy atom. The summed E-state index contributed by atoms with van der Waals surface area (Å²) < 4.78 is 5.69. The van der Waals surface area contributed by atoms with Crippen LogP contribution in [0, 0.1) is 5.92 Å². The smallest absolute Gasteiger partial charge is 0.306 e. The number of carboxylic acids is 1. The van der Waals surface area contributed by atoms with Crippen LogP contribution in [-0.2, 0) is 9.53 Å². The van der Waals surface area contributed by atoms with Crippen LogP contribution < -0.4 is 0 Å². The highest BCUT2D eigenvalue weighted by atomic mass is 16.5. The number of carbonyl (C=O) groups is 1. The number of rotatable bonds is 3. The summed E-state index contributed by atoms with van der Waals surface area (Å²) in [6, 6.07) is 0.0985. The number of hydrogen-bond acceptors (Lipinski definition) is 3. The van der Waals surface area contributed by atoms with Crippen molar-refractivity contribution in [3.05, 3.63) is 0 Å². The summed E-state index contributed by atoms with van der Waals surface area (Å²) in [5, 5.41) is 8.94. The van der Waals surface area contributed by atoms with E-state index < -0.39 is 5.97 Å². The molecule has 2 rings (SSSR count). The van der Waals surface area contributed by atoms with Crippen molar-refractivity contribution in [2.24, 2.45) is 10.9 Å². The first-order valence-corrected chi connectivity index (χ1v) is 5.67. The van der Waals surface area contributed by atoms with Gasteiger partial charge in [-0.1, -0.05) is 6.92 Å². The molecule has 0 spiro atoms. The van der Waals surface area contributed by atoms with E-state index in [0.717, 1.165) is 31.6 Å². The van der Waals surface area contributed by atoms with E-state index in [0.29, 0.717) is 6.42 Å². The fourth-order valence-corrected chi connectivity index (χ4v) is 2.34. The van der Waals surface area contributed by atoms with Crippen LogP contribution in [0.25, 0.3) is 0 Å². The van der Waals surface area contributed by atoms with E-state index in [1.54, 1.807) is 0 Å². The van der Waals surface area contributed by atoms with E-state index in [1.165, 1.54) is 0 Å². The standard InChI is InChI=1S/C11H17NO3/c1-2-3-10-12-8-6-7(11(13)14)4-5-9(8)15-10/h7-9H,2-6H2,1H3,(H,13,14). The monoisotopic (exact) mass is 211 g/mol. The quantitative estimate of drug-likeness (QED) is 0.774. The molecular weight excluding hydrogens is 194 g/mol. The van der Waals surface area contributed by atoms with Crippen LogP contribution in [0.3, 0.4) is 0 Å². The first-order chi connectivity index (χ1) is 7.20. The van der Waals surface area contributed by atoms with Gasteiger partial charge < -0.3 is 9.84 Å². The number of fused-ring (bicyclic) bond motifs is 1. The zero-order valence-corrected chi connectivity index (χ0v) is 8.98. The van der Waals surface area contributed by atoms with E-state index in [4.69, 9.17) is 9.84 Å². The molecule has 0 aromatic carbocycles. The number of aliphatic imine (C=N–C) groups is 1. The van der Waals surface area contributed by atoms with E-state index in [2.05, 4.69) is 11.9 Å². The highest BCUT2D eigenvalue weighted by molar-refractivity contribution is 5.78. The third-order valence-corrected chi connectivity index (χ3v) is 3.17. The van der Waals surface area contributed by atoms with Crippen LogP contribution in [0.1, 0.15) is 39.0 Å². The van der Waals surface area contributed by atoms with E-state index in [1.807, 2.05) is 0 Å². The number of nitrogens with zero attached hydrogens (tertiary/aromatic N) is 1. The lowest BCUT2D eigenvalue weighted by Gasteiger charge is -2.26. The minimum absolute atomic E-state index is 0.0985. The van der Waals surface area contributed by atoms with Gasteiger partial charge in [0.1, 0.15) is 6.10 Å². The fourth-order valence-electron chi connectivity index (χ4n) is 2.34. The Kier molecular flexibility index (Phi) is 2.93. The van der Waals surface area contributed by atoms with Gasteiger partial charge in [-0.05, 0) is 25.7 Å². The number of hydrogen-bond donors (Lipinski definition) is 1. The van der Waals surface area contributed by atoms with Gasteiger partial charge in [0.15, 0.2) is 5.90 Å². The second-order valence-corrected chi connectivity index (χ2v) is 4.34. The number of ether oxygens (including phenoxy) is 1. The Labute approximate surface area is 89.3 Å². The molecule has 1 N–H and O–H groups in total. The molecule has 1 aliphatic heterocycles. The SMILES string of the molecule is CCCC1=NC2CC(C(=O)O)CCC2O1.